The summed E-state index contributed by atoms with van der Waals surface area (Å²) in [6.45, 7) is 8.25. The largest absolute Gasteiger partial charge is 0.379 e. The summed E-state index contributed by atoms with van der Waals surface area (Å²) in [5.41, 5.74) is 0.0649. The lowest BCUT2D eigenvalue weighted by Crippen LogP contribution is -2.45. The van der Waals surface area contributed by atoms with Crippen LogP contribution in [0.4, 0.5) is 0 Å². The third-order valence-corrected chi connectivity index (χ3v) is 1.83. The van der Waals surface area contributed by atoms with E-state index in [0.717, 1.165) is 12.8 Å². The SMILES string of the molecule is CCC(O)NC(C)(C)CC. The summed E-state index contributed by atoms with van der Waals surface area (Å²) in [5, 5.41) is 12.3. The summed E-state index contributed by atoms with van der Waals surface area (Å²) in [5.74, 6) is 0. The van der Waals surface area contributed by atoms with Crippen molar-refractivity contribution < 1.29 is 5.11 Å². The Morgan fingerprint density at radius 1 is 1.40 bits per heavy atom. The molecule has 0 amide bonds. The van der Waals surface area contributed by atoms with E-state index in [-0.39, 0.29) is 11.8 Å². The van der Waals surface area contributed by atoms with E-state index < -0.39 is 0 Å². The van der Waals surface area contributed by atoms with Crippen molar-refractivity contribution in [3.63, 3.8) is 0 Å². The number of aliphatic hydroxyl groups excluding tert-OH is 1. The molecule has 0 aromatic carbocycles. The van der Waals surface area contributed by atoms with Crippen LogP contribution in [0.3, 0.4) is 0 Å². The van der Waals surface area contributed by atoms with Crippen molar-refractivity contribution in [1.29, 1.82) is 0 Å². The van der Waals surface area contributed by atoms with E-state index in [2.05, 4.69) is 26.1 Å². The summed E-state index contributed by atoms with van der Waals surface area (Å²) in [6, 6.07) is 0. The highest BCUT2D eigenvalue weighted by atomic mass is 16.3. The standard InChI is InChI=1S/C8H19NO/c1-5-7(10)9-8(3,4)6-2/h7,9-10H,5-6H2,1-4H3. The Morgan fingerprint density at radius 2 is 1.90 bits per heavy atom. The van der Waals surface area contributed by atoms with Crippen molar-refractivity contribution in [3.05, 3.63) is 0 Å². The minimum absolute atomic E-state index is 0.0649. The van der Waals surface area contributed by atoms with Crippen molar-refractivity contribution in [2.75, 3.05) is 0 Å². The summed E-state index contributed by atoms with van der Waals surface area (Å²) >= 11 is 0. The van der Waals surface area contributed by atoms with E-state index in [1.165, 1.54) is 0 Å². The molecular weight excluding hydrogens is 126 g/mol. The molecule has 0 radical (unpaired) electrons. The minimum Gasteiger partial charge on any atom is -0.379 e. The lowest BCUT2D eigenvalue weighted by atomic mass is 10.0. The fourth-order valence-electron chi connectivity index (χ4n) is 0.655. The van der Waals surface area contributed by atoms with E-state index in [4.69, 9.17) is 0 Å². The van der Waals surface area contributed by atoms with Gasteiger partial charge < -0.3 is 5.11 Å². The second-order valence-electron chi connectivity index (χ2n) is 3.31. The topological polar surface area (TPSA) is 32.3 Å². The molecule has 0 bridgehead atoms. The number of aliphatic hydroxyl groups is 1. The predicted molar refractivity (Wildman–Crippen MR) is 43.8 cm³/mol. The van der Waals surface area contributed by atoms with Crippen LogP contribution in [0.1, 0.15) is 40.5 Å². The maximum atomic E-state index is 9.21. The summed E-state index contributed by atoms with van der Waals surface area (Å²) < 4.78 is 0. The van der Waals surface area contributed by atoms with Gasteiger partial charge in [-0.05, 0) is 26.7 Å². The third-order valence-electron chi connectivity index (χ3n) is 1.83. The molecule has 0 saturated heterocycles. The second-order valence-corrected chi connectivity index (χ2v) is 3.31. The monoisotopic (exact) mass is 145 g/mol. The number of rotatable bonds is 4. The van der Waals surface area contributed by atoms with Gasteiger partial charge in [0.25, 0.3) is 0 Å². The summed E-state index contributed by atoms with van der Waals surface area (Å²) in [7, 11) is 0. The molecule has 2 heteroatoms. The predicted octanol–water partition coefficient (Wildman–Crippen LogP) is 1.49. The van der Waals surface area contributed by atoms with Gasteiger partial charge in [-0.25, -0.2) is 0 Å². The Kier molecular flexibility index (Phi) is 3.91. The number of hydrogen-bond donors (Lipinski definition) is 2. The van der Waals surface area contributed by atoms with Gasteiger partial charge in [0.05, 0.1) is 0 Å². The van der Waals surface area contributed by atoms with Gasteiger partial charge in [0.15, 0.2) is 0 Å². The molecule has 0 aliphatic heterocycles. The molecule has 2 nitrogen and oxygen atoms in total. The second kappa shape index (κ2) is 3.94. The molecule has 0 heterocycles. The van der Waals surface area contributed by atoms with Crippen molar-refractivity contribution in [2.45, 2.75) is 52.3 Å². The first-order valence-corrected chi connectivity index (χ1v) is 3.97. The molecule has 0 rings (SSSR count). The fourth-order valence-corrected chi connectivity index (χ4v) is 0.655. The molecule has 1 atom stereocenters. The molecule has 1 unspecified atom stereocenters. The average Bonchev–Trinajstić information content (AvgIpc) is 1.87. The van der Waals surface area contributed by atoms with Gasteiger partial charge in [0.2, 0.25) is 0 Å². The Bertz CT molecular complexity index is 91.3. The van der Waals surface area contributed by atoms with Gasteiger partial charge >= 0.3 is 0 Å². The average molecular weight is 145 g/mol. The van der Waals surface area contributed by atoms with Crippen LogP contribution in [-0.4, -0.2) is 16.9 Å². The third kappa shape index (κ3) is 3.85. The van der Waals surface area contributed by atoms with Gasteiger partial charge in [-0.3, -0.25) is 5.32 Å². The molecule has 10 heavy (non-hydrogen) atoms. The highest BCUT2D eigenvalue weighted by molar-refractivity contribution is 4.75. The molecule has 0 spiro atoms. The lowest BCUT2D eigenvalue weighted by Gasteiger charge is -2.27. The van der Waals surface area contributed by atoms with Crippen molar-refractivity contribution in [3.8, 4) is 0 Å². The number of nitrogens with one attached hydrogen (secondary N) is 1. The molecule has 0 saturated carbocycles. The van der Waals surface area contributed by atoms with E-state index >= 15 is 0 Å². The zero-order valence-electron chi connectivity index (χ0n) is 7.44. The molecule has 0 fully saturated rings. The van der Waals surface area contributed by atoms with E-state index in [9.17, 15) is 5.11 Å². The first-order chi connectivity index (χ1) is 4.52. The normalized spacial score (nSPS) is 15.3. The Morgan fingerprint density at radius 3 is 2.20 bits per heavy atom. The Labute approximate surface area is 63.6 Å². The minimum atomic E-state index is -0.352. The maximum Gasteiger partial charge on any atom is 0.105 e. The maximum absolute atomic E-state index is 9.21. The molecule has 0 aliphatic carbocycles. The zero-order valence-corrected chi connectivity index (χ0v) is 7.44. The van der Waals surface area contributed by atoms with Crippen LogP contribution in [0.15, 0.2) is 0 Å². The smallest absolute Gasteiger partial charge is 0.105 e. The number of hydrogen-bond acceptors (Lipinski definition) is 2. The first-order valence-electron chi connectivity index (χ1n) is 3.97. The first kappa shape index (κ1) is 9.92. The van der Waals surface area contributed by atoms with Crippen LogP contribution in [0, 0.1) is 0 Å². The van der Waals surface area contributed by atoms with Gasteiger partial charge in [-0.15, -0.1) is 0 Å². The van der Waals surface area contributed by atoms with Gasteiger partial charge in [0, 0.05) is 5.54 Å². The van der Waals surface area contributed by atoms with Crippen molar-refractivity contribution in [2.24, 2.45) is 0 Å². The van der Waals surface area contributed by atoms with E-state index in [1.54, 1.807) is 0 Å². The molecule has 0 aromatic rings. The highest BCUT2D eigenvalue weighted by Gasteiger charge is 2.16. The van der Waals surface area contributed by atoms with Crippen LogP contribution in [-0.2, 0) is 0 Å². The Hall–Kier alpha value is -0.0800. The van der Waals surface area contributed by atoms with Gasteiger partial charge in [0.1, 0.15) is 6.23 Å². The molecule has 0 aromatic heterocycles. The lowest BCUT2D eigenvalue weighted by molar-refractivity contribution is 0.0960. The van der Waals surface area contributed by atoms with E-state index in [1.807, 2.05) is 6.92 Å². The van der Waals surface area contributed by atoms with Crippen LogP contribution in [0.25, 0.3) is 0 Å². The van der Waals surface area contributed by atoms with Gasteiger partial charge in [-0.2, -0.15) is 0 Å². The summed E-state index contributed by atoms with van der Waals surface area (Å²) in [6.07, 6.45) is 1.45. The highest BCUT2D eigenvalue weighted by Crippen LogP contribution is 2.07. The van der Waals surface area contributed by atoms with Crippen LogP contribution in [0.5, 0.6) is 0 Å². The van der Waals surface area contributed by atoms with Gasteiger partial charge in [-0.1, -0.05) is 13.8 Å². The molecular formula is C8H19NO. The van der Waals surface area contributed by atoms with E-state index in [0.29, 0.717) is 0 Å². The summed E-state index contributed by atoms with van der Waals surface area (Å²) in [4.78, 5) is 0. The van der Waals surface area contributed by atoms with Crippen molar-refractivity contribution in [1.82, 2.24) is 5.32 Å². The quantitative estimate of drug-likeness (QED) is 0.587. The molecule has 2 N–H and O–H groups in total. The molecule has 62 valence electrons. The van der Waals surface area contributed by atoms with Crippen LogP contribution in [0.2, 0.25) is 0 Å². The molecule has 0 aliphatic rings. The Balaban J connectivity index is 3.64. The van der Waals surface area contributed by atoms with Crippen molar-refractivity contribution >= 4 is 0 Å². The fraction of sp³-hybridized carbons (Fsp3) is 1.00. The van der Waals surface area contributed by atoms with Crippen LogP contribution < -0.4 is 5.32 Å². The zero-order chi connectivity index (χ0) is 8.20. The van der Waals surface area contributed by atoms with Crippen LogP contribution >= 0.6 is 0 Å².